The Kier molecular flexibility index (Phi) is 7.94. The van der Waals surface area contributed by atoms with Gasteiger partial charge in [-0.25, -0.2) is 0 Å². The number of pyridine rings is 2. The molecule has 3 heterocycles. The SMILES string of the molecule is Cc1c(-c2ccccn2)cccc1[C@H](Nc1cc(C#N)c2ncc(C#N)c(NCC(C)(C)C)c2c1)C1=CN(C2(C(F)(F)F)CC2)NN1. The lowest BCUT2D eigenvalue weighted by atomic mass is 9.93. The predicted octanol–water partition coefficient (Wildman–Crippen LogP) is 7.22. The Hall–Kier alpha value is -5.33. The second-order valence-corrected chi connectivity index (χ2v) is 13.1. The topological polar surface area (TPSA) is 125 Å². The summed E-state index contributed by atoms with van der Waals surface area (Å²) in [4.78, 5) is 8.96. The molecule has 4 aromatic rings. The lowest BCUT2D eigenvalue weighted by molar-refractivity contribution is -0.195. The minimum absolute atomic E-state index is 0.0178. The first-order chi connectivity index (χ1) is 22.3. The van der Waals surface area contributed by atoms with E-state index in [2.05, 4.69) is 64.5 Å². The summed E-state index contributed by atoms with van der Waals surface area (Å²) in [6.45, 7) is 8.71. The Morgan fingerprint density at radius 2 is 1.79 bits per heavy atom. The van der Waals surface area contributed by atoms with Gasteiger partial charge in [0.1, 0.15) is 12.1 Å². The van der Waals surface area contributed by atoms with Crippen molar-refractivity contribution in [1.82, 2.24) is 25.9 Å². The van der Waals surface area contributed by atoms with Crippen molar-refractivity contribution >= 4 is 22.3 Å². The van der Waals surface area contributed by atoms with Crippen LogP contribution in [0, 0.1) is 35.0 Å². The van der Waals surface area contributed by atoms with E-state index in [9.17, 15) is 23.7 Å². The Bertz CT molecular complexity index is 1950. The number of alkyl halides is 3. The molecule has 0 saturated heterocycles. The number of nitrogens with zero attached hydrogens (tertiary/aromatic N) is 5. The van der Waals surface area contributed by atoms with Crippen molar-refractivity contribution in [2.24, 2.45) is 5.41 Å². The Labute approximate surface area is 271 Å². The van der Waals surface area contributed by atoms with Crippen LogP contribution in [0.25, 0.3) is 22.2 Å². The number of nitriles is 2. The van der Waals surface area contributed by atoms with E-state index in [4.69, 9.17) is 0 Å². The Morgan fingerprint density at radius 3 is 2.43 bits per heavy atom. The second kappa shape index (κ2) is 11.8. The van der Waals surface area contributed by atoms with E-state index < -0.39 is 17.8 Å². The highest BCUT2D eigenvalue weighted by atomic mass is 19.4. The van der Waals surface area contributed by atoms with Crippen molar-refractivity contribution in [3.05, 3.63) is 95.1 Å². The number of anilines is 2. The van der Waals surface area contributed by atoms with Crippen molar-refractivity contribution in [3.8, 4) is 23.4 Å². The van der Waals surface area contributed by atoms with Gasteiger partial charge in [-0.1, -0.05) is 45.0 Å². The normalized spacial score (nSPS) is 16.1. The molecule has 1 aliphatic carbocycles. The van der Waals surface area contributed by atoms with E-state index in [-0.39, 0.29) is 23.8 Å². The van der Waals surface area contributed by atoms with Crippen LogP contribution in [0.2, 0.25) is 0 Å². The van der Waals surface area contributed by atoms with E-state index in [0.29, 0.717) is 40.1 Å². The zero-order valence-corrected chi connectivity index (χ0v) is 26.4. The standard InChI is InChI=1S/C35H34F3N9/c1-21-25(28-10-5-6-13-41-28)8-7-9-26(21)32(29-19-47(46-45-29)34(11-12-34)35(36,37)38)44-24-14-22(16-39)30-27(15-24)31(23(17-40)18-42-30)43-20-33(2,3)4/h5-10,13-15,18-19,32,44-46H,11-12,20H2,1-4H3,(H,42,43)/t32-/m0/s1. The minimum Gasteiger partial charge on any atom is -0.383 e. The largest absolute Gasteiger partial charge is 0.413 e. The molecule has 240 valence electrons. The number of halogens is 3. The molecule has 0 bridgehead atoms. The zero-order chi connectivity index (χ0) is 33.6. The summed E-state index contributed by atoms with van der Waals surface area (Å²) in [5.74, 6) is 0. The third-order valence-electron chi connectivity index (χ3n) is 8.56. The highest BCUT2D eigenvalue weighted by molar-refractivity contribution is 5.99. The summed E-state index contributed by atoms with van der Waals surface area (Å²) in [7, 11) is 0. The number of benzene rings is 2. The van der Waals surface area contributed by atoms with Crippen molar-refractivity contribution in [1.29, 1.82) is 10.5 Å². The maximum absolute atomic E-state index is 14.1. The first-order valence-corrected chi connectivity index (χ1v) is 15.2. The predicted molar refractivity (Wildman–Crippen MR) is 174 cm³/mol. The number of hydrogen-bond acceptors (Lipinski definition) is 9. The van der Waals surface area contributed by atoms with Gasteiger partial charge in [-0.3, -0.25) is 15.0 Å². The second-order valence-electron chi connectivity index (χ2n) is 13.1. The fourth-order valence-corrected chi connectivity index (χ4v) is 5.84. The van der Waals surface area contributed by atoms with Gasteiger partial charge in [-0.05, 0) is 60.6 Å². The van der Waals surface area contributed by atoms with Gasteiger partial charge in [0.2, 0.25) is 0 Å². The summed E-state index contributed by atoms with van der Waals surface area (Å²) in [5.41, 5.74) is 9.53. The molecule has 9 nitrogen and oxygen atoms in total. The first-order valence-electron chi connectivity index (χ1n) is 15.2. The molecule has 0 radical (unpaired) electrons. The minimum atomic E-state index is -4.42. The van der Waals surface area contributed by atoms with Gasteiger partial charge in [-0.2, -0.15) is 23.7 Å². The first kappa shape index (κ1) is 31.6. The maximum atomic E-state index is 14.1. The average molecular weight is 638 g/mol. The number of rotatable bonds is 8. The van der Waals surface area contributed by atoms with Crippen molar-refractivity contribution in [3.63, 3.8) is 0 Å². The van der Waals surface area contributed by atoms with Crippen molar-refractivity contribution in [2.75, 3.05) is 17.2 Å². The van der Waals surface area contributed by atoms with E-state index in [1.807, 2.05) is 49.4 Å². The van der Waals surface area contributed by atoms with Crippen LogP contribution in [-0.2, 0) is 0 Å². The van der Waals surface area contributed by atoms with Crippen LogP contribution in [-0.4, -0.2) is 33.2 Å². The van der Waals surface area contributed by atoms with Crippen molar-refractivity contribution < 1.29 is 13.2 Å². The molecule has 4 N–H and O–H groups in total. The molecule has 2 aliphatic rings. The summed E-state index contributed by atoms with van der Waals surface area (Å²) in [6, 6.07) is 18.6. The van der Waals surface area contributed by atoms with Crippen LogP contribution in [0.3, 0.4) is 0 Å². The van der Waals surface area contributed by atoms with Crippen LogP contribution in [0.1, 0.15) is 61.9 Å². The van der Waals surface area contributed by atoms with Crippen LogP contribution >= 0.6 is 0 Å². The molecule has 0 unspecified atom stereocenters. The summed E-state index contributed by atoms with van der Waals surface area (Å²) in [6.07, 6.45) is 0.167. The molecular formula is C35H34F3N9. The molecular weight excluding hydrogens is 603 g/mol. The van der Waals surface area contributed by atoms with Crippen molar-refractivity contribution in [2.45, 2.75) is 58.3 Å². The fraction of sp³-hybridized carbons (Fsp3) is 0.314. The average Bonchev–Trinajstić information content (AvgIpc) is 3.73. The van der Waals surface area contributed by atoms with Crippen LogP contribution in [0.4, 0.5) is 24.5 Å². The molecule has 1 aliphatic heterocycles. The Balaban J connectivity index is 1.49. The molecule has 0 amide bonds. The molecule has 12 heteroatoms. The summed E-state index contributed by atoms with van der Waals surface area (Å²) < 4.78 is 42.3. The summed E-state index contributed by atoms with van der Waals surface area (Å²) in [5, 5.41) is 28.7. The van der Waals surface area contributed by atoms with Crippen LogP contribution in [0.5, 0.6) is 0 Å². The lowest BCUT2D eigenvalue weighted by Gasteiger charge is -2.28. The number of nitrogens with one attached hydrogen (secondary N) is 4. The number of hydrogen-bond donors (Lipinski definition) is 4. The Morgan fingerprint density at radius 1 is 1.02 bits per heavy atom. The highest BCUT2D eigenvalue weighted by Crippen LogP contribution is 2.54. The maximum Gasteiger partial charge on any atom is 0.413 e. The van der Waals surface area contributed by atoms with Gasteiger partial charge < -0.3 is 16.1 Å². The third-order valence-corrected chi connectivity index (χ3v) is 8.56. The van der Waals surface area contributed by atoms with E-state index in [0.717, 1.165) is 27.4 Å². The molecule has 0 spiro atoms. The highest BCUT2D eigenvalue weighted by Gasteiger charge is 2.67. The fourth-order valence-electron chi connectivity index (χ4n) is 5.84. The van der Waals surface area contributed by atoms with E-state index in [1.165, 1.54) is 12.4 Å². The van der Waals surface area contributed by atoms with Gasteiger partial charge in [0.05, 0.1) is 39.8 Å². The molecule has 2 aromatic carbocycles. The summed E-state index contributed by atoms with van der Waals surface area (Å²) >= 11 is 0. The molecule has 2 aromatic heterocycles. The van der Waals surface area contributed by atoms with Crippen LogP contribution in [0.15, 0.2) is 72.8 Å². The molecule has 1 fully saturated rings. The quantitative estimate of drug-likeness (QED) is 0.158. The third kappa shape index (κ3) is 6.00. The molecule has 47 heavy (non-hydrogen) atoms. The van der Waals surface area contributed by atoms with E-state index >= 15 is 0 Å². The molecule has 1 saturated carbocycles. The smallest absolute Gasteiger partial charge is 0.383 e. The van der Waals surface area contributed by atoms with Gasteiger partial charge >= 0.3 is 6.18 Å². The van der Waals surface area contributed by atoms with Gasteiger partial charge in [0, 0.05) is 41.8 Å². The van der Waals surface area contributed by atoms with E-state index in [1.54, 1.807) is 12.3 Å². The van der Waals surface area contributed by atoms with Gasteiger partial charge in [0.25, 0.3) is 0 Å². The monoisotopic (exact) mass is 637 g/mol. The molecule has 6 rings (SSSR count). The number of hydrazine groups is 2. The number of aromatic nitrogens is 2. The zero-order valence-electron chi connectivity index (χ0n) is 26.4. The molecule has 1 atom stereocenters. The lowest BCUT2D eigenvalue weighted by Crippen LogP contribution is -2.52. The van der Waals surface area contributed by atoms with Gasteiger partial charge in [0.15, 0.2) is 5.54 Å². The number of fused-ring (bicyclic) bond motifs is 1. The van der Waals surface area contributed by atoms with Crippen LogP contribution < -0.4 is 21.6 Å². The van der Waals surface area contributed by atoms with Gasteiger partial charge in [-0.15, -0.1) is 5.53 Å².